The van der Waals surface area contributed by atoms with Crippen LogP contribution in [0, 0.1) is 0 Å². The molecule has 3 aromatic heterocycles. The second-order valence-electron chi connectivity index (χ2n) is 14.2. The normalized spacial score (nSPS) is 11.6. The third kappa shape index (κ3) is 5.31. The lowest BCUT2D eigenvalue weighted by molar-refractivity contribution is 1.16. The Morgan fingerprint density at radius 2 is 0.714 bits per heavy atom. The first-order chi connectivity index (χ1) is 27.8. The van der Waals surface area contributed by atoms with Crippen LogP contribution in [-0.4, -0.2) is 19.1 Å². The summed E-state index contributed by atoms with van der Waals surface area (Å²) in [4.78, 5) is 10.1. The van der Waals surface area contributed by atoms with Gasteiger partial charge in [-0.25, -0.2) is 9.97 Å². The first-order valence-electron chi connectivity index (χ1n) is 19.0. The molecule has 8 aromatic carbocycles. The van der Waals surface area contributed by atoms with Gasteiger partial charge in [0.1, 0.15) is 0 Å². The first kappa shape index (κ1) is 31.9. The number of nitrogens with zero attached hydrogens (tertiary/aromatic N) is 4. The van der Waals surface area contributed by atoms with Crippen molar-refractivity contribution in [3.05, 3.63) is 206 Å². The summed E-state index contributed by atoms with van der Waals surface area (Å²) in [5.41, 5.74) is 14.3. The Bertz CT molecular complexity index is 3160. The third-order valence-corrected chi connectivity index (χ3v) is 10.9. The maximum absolute atomic E-state index is 5.06. The zero-order valence-electron chi connectivity index (χ0n) is 30.4. The largest absolute Gasteiger partial charge is 0.309 e. The summed E-state index contributed by atoms with van der Waals surface area (Å²) >= 11 is 0. The van der Waals surface area contributed by atoms with Gasteiger partial charge >= 0.3 is 0 Å². The average Bonchev–Trinajstić information content (AvgIpc) is 3.79. The fraction of sp³-hybridized carbons (Fsp3) is 0. The van der Waals surface area contributed by atoms with E-state index in [1.165, 1.54) is 49.2 Å². The molecule has 0 atom stereocenters. The van der Waals surface area contributed by atoms with Crippen molar-refractivity contribution in [3.63, 3.8) is 0 Å². The van der Waals surface area contributed by atoms with Crippen molar-refractivity contribution in [3.8, 4) is 56.4 Å². The minimum absolute atomic E-state index is 0.701. The first-order valence-corrected chi connectivity index (χ1v) is 19.0. The van der Waals surface area contributed by atoms with Crippen molar-refractivity contribution in [2.24, 2.45) is 0 Å². The van der Waals surface area contributed by atoms with Gasteiger partial charge in [0.25, 0.3) is 0 Å². The number of hydrogen-bond acceptors (Lipinski definition) is 2. The third-order valence-electron chi connectivity index (χ3n) is 10.9. The molecule has 262 valence electrons. The van der Waals surface area contributed by atoms with E-state index in [1.54, 1.807) is 0 Å². The lowest BCUT2D eigenvalue weighted by atomic mass is 10.0. The highest BCUT2D eigenvalue weighted by Gasteiger charge is 2.17. The number of fused-ring (bicyclic) bond motifs is 6. The van der Waals surface area contributed by atoms with Gasteiger partial charge in [0.2, 0.25) is 0 Å². The molecule has 0 aliphatic rings. The van der Waals surface area contributed by atoms with E-state index in [2.05, 4.69) is 179 Å². The fourth-order valence-electron chi connectivity index (χ4n) is 8.29. The summed E-state index contributed by atoms with van der Waals surface area (Å²) in [7, 11) is 0. The molecule has 56 heavy (non-hydrogen) atoms. The molecule has 0 bridgehead atoms. The van der Waals surface area contributed by atoms with Gasteiger partial charge in [-0.3, -0.25) is 0 Å². The highest BCUT2D eigenvalue weighted by Crippen LogP contribution is 2.38. The monoisotopic (exact) mass is 714 g/mol. The standard InChI is InChI=1S/C52H34N4/c1-4-14-35(15-5-1)46-34-47(36-16-6-2-7-17-36)54-52(53-46)37-24-28-41(29-25-37)55-49-23-13-11-21-43(49)45-32-38(27-31-50(45)55)39-26-30-44-42-20-10-12-22-48(42)56(51(44)33-39)40-18-8-3-9-19-40/h1-34H. The van der Waals surface area contributed by atoms with Crippen LogP contribution >= 0.6 is 0 Å². The summed E-state index contributed by atoms with van der Waals surface area (Å²) in [6.07, 6.45) is 0. The Hall–Kier alpha value is -7.56. The summed E-state index contributed by atoms with van der Waals surface area (Å²) in [6, 6.07) is 73.2. The molecule has 0 spiro atoms. The Labute approximate surface area is 324 Å². The molecule has 0 amide bonds. The van der Waals surface area contributed by atoms with E-state index in [9.17, 15) is 0 Å². The molecule has 0 aliphatic carbocycles. The van der Waals surface area contributed by atoms with Crippen LogP contribution in [-0.2, 0) is 0 Å². The lowest BCUT2D eigenvalue weighted by Gasteiger charge is -2.11. The van der Waals surface area contributed by atoms with Crippen molar-refractivity contribution < 1.29 is 0 Å². The smallest absolute Gasteiger partial charge is 0.160 e. The summed E-state index contributed by atoms with van der Waals surface area (Å²) in [5.74, 6) is 0.701. The van der Waals surface area contributed by atoms with Crippen molar-refractivity contribution in [2.45, 2.75) is 0 Å². The van der Waals surface area contributed by atoms with E-state index in [1.807, 2.05) is 36.4 Å². The molecule has 0 radical (unpaired) electrons. The molecule has 0 fully saturated rings. The maximum Gasteiger partial charge on any atom is 0.160 e. The Balaban J connectivity index is 1.02. The summed E-state index contributed by atoms with van der Waals surface area (Å²) in [5, 5.41) is 4.95. The molecule has 4 heteroatoms. The van der Waals surface area contributed by atoms with Gasteiger partial charge in [-0.2, -0.15) is 0 Å². The number of benzene rings is 8. The van der Waals surface area contributed by atoms with E-state index >= 15 is 0 Å². The molecule has 3 heterocycles. The number of para-hydroxylation sites is 3. The van der Waals surface area contributed by atoms with Gasteiger partial charge in [-0.15, -0.1) is 0 Å². The lowest BCUT2D eigenvalue weighted by Crippen LogP contribution is -1.97. The van der Waals surface area contributed by atoms with Crippen LogP contribution in [0.3, 0.4) is 0 Å². The van der Waals surface area contributed by atoms with E-state index in [4.69, 9.17) is 9.97 Å². The minimum Gasteiger partial charge on any atom is -0.309 e. The van der Waals surface area contributed by atoms with Crippen LogP contribution in [0.4, 0.5) is 0 Å². The molecule has 0 N–H and O–H groups in total. The fourth-order valence-corrected chi connectivity index (χ4v) is 8.29. The Morgan fingerprint density at radius 3 is 1.36 bits per heavy atom. The molecule has 0 aliphatic heterocycles. The molecule has 0 unspecified atom stereocenters. The van der Waals surface area contributed by atoms with Gasteiger partial charge in [0.15, 0.2) is 5.82 Å². The van der Waals surface area contributed by atoms with Crippen molar-refractivity contribution in [1.29, 1.82) is 0 Å². The second kappa shape index (κ2) is 13.1. The Morgan fingerprint density at radius 1 is 0.268 bits per heavy atom. The average molecular weight is 715 g/mol. The maximum atomic E-state index is 5.06. The Kier molecular flexibility index (Phi) is 7.46. The van der Waals surface area contributed by atoms with Crippen LogP contribution in [0.15, 0.2) is 206 Å². The predicted molar refractivity (Wildman–Crippen MR) is 232 cm³/mol. The van der Waals surface area contributed by atoms with Crippen molar-refractivity contribution in [2.75, 3.05) is 0 Å². The zero-order chi connectivity index (χ0) is 37.0. The van der Waals surface area contributed by atoms with Crippen molar-refractivity contribution in [1.82, 2.24) is 19.1 Å². The van der Waals surface area contributed by atoms with Crippen LogP contribution in [0.25, 0.3) is 100 Å². The topological polar surface area (TPSA) is 35.6 Å². The van der Waals surface area contributed by atoms with Gasteiger partial charge in [0.05, 0.1) is 33.5 Å². The minimum atomic E-state index is 0.701. The van der Waals surface area contributed by atoms with Gasteiger partial charge in [-0.1, -0.05) is 133 Å². The van der Waals surface area contributed by atoms with Crippen LogP contribution < -0.4 is 0 Å². The molecule has 11 rings (SSSR count). The van der Waals surface area contributed by atoms with E-state index < -0.39 is 0 Å². The van der Waals surface area contributed by atoms with Crippen molar-refractivity contribution >= 4 is 43.6 Å². The quantitative estimate of drug-likeness (QED) is 0.172. The van der Waals surface area contributed by atoms with E-state index in [-0.39, 0.29) is 0 Å². The molecular formula is C52H34N4. The van der Waals surface area contributed by atoms with Gasteiger partial charge in [-0.05, 0) is 83.9 Å². The SMILES string of the molecule is c1ccc(-c2cc(-c3ccccc3)nc(-c3ccc(-n4c5ccccc5c5cc(-c6ccc7c8ccccc8n(-c8ccccc8)c7c6)ccc54)cc3)n2)cc1. The predicted octanol–water partition coefficient (Wildman–Crippen LogP) is 13.3. The van der Waals surface area contributed by atoms with Gasteiger partial charge < -0.3 is 9.13 Å². The second-order valence-corrected chi connectivity index (χ2v) is 14.2. The molecule has 4 nitrogen and oxygen atoms in total. The van der Waals surface area contributed by atoms with Crippen LogP contribution in [0.5, 0.6) is 0 Å². The number of hydrogen-bond donors (Lipinski definition) is 0. The van der Waals surface area contributed by atoms with E-state index in [0.717, 1.165) is 45.0 Å². The molecule has 11 aromatic rings. The summed E-state index contributed by atoms with van der Waals surface area (Å²) < 4.78 is 4.75. The summed E-state index contributed by atoms with van der Waals surface area (Å²) in [6.45, 7) is 0. The number of aromatic nitrogens is 4. The molecule has 0 saturated carbocycles. The molecular weight excluding hydrogens is 681 g/mol. The number of rotatable bonds is 6. The highest BCUT2D eigenvalue weighted by atomic mass is 15.0. The van der Waals surface area contributed by atoms with E-state index in [0.29, 0.717) is 5.82 Å². The van der Waals surface area contributed by atoms with Gasteiger partial charge in [0, 0.05) is 49.6 Å². The van der Waals surface area contributed by atoms with Crippen LogP contribution in [0.1, 0.15) is 0 Å². The molecule has 0 saturated heterocycles. The highest BCUT2D eigenvalue weighted by molar-refractivity contribution is 6.12. The zero-order valence-corrected chi connectivity index (χ0v) is 30.4. The van der Waals surface area contributed by atoms with Crippen LogP contribution in [0.2, 0.25) is 0 Å².